The minimum atomic E-state index is -0.548. The number of ether oxygens (including phenoxy) is 1. The van der Waals surface area contributed by atoms with Crippen molar-refractivity contribution in [3.05, 3.63) is 101 Å². The first-order chi connectivity index (χ1) is 19.8. The lowest BCUT2D eigenvalue weighted by Crippen LogP contribution is -2.42. The second kappa shape index (κ2) is 12.8. The molecule has 0 bridgehead atoms. The molecule has 1 aliphatic heterocycles. The molecule has 5 heteroatoms. The van der Waals surface area contributed by atoms with Crippen LogP contribution in [-0.2, 0) is 29.2 Å². The van der Waals surface area contributed by atoms with Crippen molar-refractivity contribution >= 4 is 17.5 Å². The Labute approximate surface area is 244 Å². The fourth-order valence-corrected chi connectivity index (χ4v) is 6.43. The maximum atomic E-state index is 13.3. The van der Waals surface area contributed by atoms with Crippen LogP contribution in [0.25, 0.3) is 0 Å². The predicted octanol–water partition coefficient (Wildman–Crippen LogP) is 7.48. The van der Waals surface area contributed by atoms with E-state index in [0.29, 0.717) is 49.3 Å². The van der Waals surface area contributed by atoms with Crippen molar-refractivity contribution in [2.24, 2.45) is 5.92 Å². The first-order valence-corrected chi connectivity index (χ1v) is 15.0. The normalized spacial score (nSPS) is 20.0. The van der Waals surface area contributed by atoms with Crippen molar-refractivity contribution in [2.45, 2.75) is 89.8 Å². The summed E-state index contributed by atoms with van der Waals surface area (Å²) >= 11 is 0. The number of fused-ring (bicyclic) bond motifs is 1. The summed E-state index contributed by atoms with van der Waals surface area (Å²) in [4.78, 5) is 40.0. The molecule has 0 unspecified atom stereocenters. The number of hydrogen-bond acceptors (Lipinski definition) is 4. The zero-order chi connectivity index (χ0) is 28.9. The molecule has 0 saturated heterocycles. The van der Waals surface area contributed by atoms with Gasteiger partial charge in [0.05, 0.1) is 12.6 Å². The third-order valence-electron chi connectivity index (χ3n) is 8.96. The Morgan fingerprint density at radius 2 is 1.61 bits per heavy atom. The van der Waals surface area contributed by atoms with Crippen molar-refractivity contribution in [1.29, 1.82) is 0 Å². The Kier molecular flexibility index (Phi) is 9.02. The third-order valence-corrected chi connectivity index (χ3v) is 8.96. The van der Waals surface area contributed by atoms with Crippen molar-refractivity contribution in [3.63, 3.8) is 0 Å². The van der Waals surface area contributed by atoms with Gasteiger partial charge in [-0.15, -0.1) is 0 Å². The van der Waals surface area contributed by atoms with E-state index in [9.17, 15) is 14.4 Å². The lowest BCUT2D eigenvalue weighted by Gasteiger charge is -2.28. The number of hydrogen-bond donors (Lipinski definition) is 0. The fraction of sp³-hybridized carbons (Fsp3) is 0.417. The molecule has 1 heterocycles. The molecule has 41 heavy (non-hydrogen) atoms. The maximum Gasteiger partial charge on any atom is 0.255 e. The molecule has 5 nitrogen and oxygen atoms in total. The van der Waals surface area contributed by atoms with Crippen LogP contribution in [0, 0.1) is 5.92 Å². The summed E-state index contributed by atoms with van der Waals surface area (Å²) in [5, 5.41) is 0. The zero-order valence-electron chi connectivity index (χ0n) is 24.1. The van der Waals surface area contributed by atoms with Crippen LogP contribution in [-0.4, -0.2) is 28.4 Å². The second-order valence-corrected chi connectivity index (χ2v) is 12.0. The van der Waals surface area contributed by atoms with Crippen molar-refractivity contribution in [3.8, 4) is 5.75 Å². The monoisotopic (exact) mass is 551 g/mol. The summed E-state index contributed by atoms with van der Waals surface area (Å²) in [6.45, 7) is 13.1. The van der Waals surface area contributed by atoms with Crippen LogP contribution < -0.4 is 4.74 Å². The third kappa shape index (κ3) is 6.78. The molecule has 214 valence electrons. The average molecular weight is 552 g/mol. The Morgan fingerprint density at radius 1 is 0.878 bits per heavy atom. The molecule has 0 aromatic heterocycles. The summed E-state index contributed by atoms with van der Waals surface area (Å²) in [7, 11) is 0. The largest absolute Gasteiger partial charge is 0.489 e. The standard InChI is InChI=1S/C36H41NO4/c1-24(19-27-9-5-4-6-10-27)25(2)20-28-15-17-29(18-16-28)23-41-35-14-7-11-30-31(35)22-37(36(30)40)32-12-8-13-33(38)26(3)21-34(32)39/h7,11,14-18,27,32H,1-6,8-10,12-13,19-23H2/t32-/m0/s1. The molecule has 2 aromatic rings. The van der Waals surface area contributed by atoms with E-state index in [1.807, 2.05) is 12.1 Å². The van der Waals surface area contributed by atoms with Gasteiger partial charge in [0.2, 0.25) is 0 Å². The van der Waals surface area contributed by atoms with Gasteiger partial charge < -0.3 is 9.64 Å². The van der Waals surface area contributed by atoms with Crippen molar-refractivity contribution in [1.82, 2.24) is 4.90 Å². The Hall–Kier alpha value is -3.73. The maximum absolute atomic E-state index is 13.3. The molecular weight excluding hydrogens is 510 g/mol. The molecule has 0 spiro atoms. The van der Waals surface area contributed by atoms with Gasteiger partial charge >= 0.3 is 0 Å². The molecule has 2 saturated carbocycles. The highest BCUT2D eigenvalue weighted by molar-refractivity contribution is 6.05. The Morgan fingerprint density at radius 3 is 2.37 bits per heavy atom. The Bertz CT molecular complexity index is 1360. The molecular formula is C36H41NO4. The molecule has 0 radical (unpaired) electrons. The minimum absolute atomic E-state index is 0.00492. The van der Waals surface area contributed by atoms with Crippen LogP contribution in [0.4, 0.5) is 0 Å². The van der Waals surface area contributed by atoms with Gasteiger partial charge in [-0.1, -0.05) is 87.7 Å². The van der Waals surface area contributed by atoms with Crippen molar-refractivity contribution in [2.75, 3.05) is 0 Å². The van der Waals surface area contributed by atoms with Crippen LogP contribution in [0.5, 0.6) is 5.75 Å². The molecule has 1 atom stereocenters. The quantitative estimate of drug-likeness (QED) is 0.239. The highest BCUT2D eigenvalue weighted by atomic mass is 16.5. The van der Waals surface area contributed by atoms with Crippen LogP contribution in [0.15, 0.2) is 78.9 Å². The SMILES string of the molecule is C=C(Cc1ccc(COc2cccc3c2CN([C@H]2CCCC(=O)C(=C)CC2=O)C3=O)cc1)C(=C)CC1CCCCC1. The number of carbonyl (C=O) groups excluding carboxylic acids is 3. The average Bonchev–Trinajstić information content (AvgIpc) is 3.31. The molecule has 3 aliphatic rings. The fourth-order valence-electron chi connectivity index (χ4n) is 6.43. The number of rotatable bonds is 9. The number of allylic oxidation sites excluding steroid dienone is 3. The van der Waals surface area contributed by atoms with Gasteiger partial charge in [-0.25, -0.2) is 0 Å². The van der Waals surface area contributed by atoms with E-state index in [1.165, 1.54) is 43.2 Å². The molecule has 2 fully saturated rings. The van der Waals surface area contributed by atoms with E-state index >= 15 is 0 Å². The highest BCUT2D eigenvalue weighted by Crippen LogP contribution is 2.35. The van der Waals surface area contributed by atoms with Gasteiger partial charge in [-0.3, -0.25) is 14.4 Å². The highest BCUT2D eigenvalue weighted by Gasteiger charge is 2.38. The van der Waals surface area contributed by atoms with E-state index in [2.05, 4.69) is 44.0 Å². The molecule has 0 N–H and O–H groups in total. The number of nitrogens with zero attached hydrogens (tertiary/aromatic N) is 1. The second-order valence-electron chi connectivity index (χ2n) is 12.0. The number of Topliss-reactive ketones (excluding diaryl/α,β-unsaturated/α-hetero) is 2. The smallest absolute Gasteiger partial charge is 0.255 e. The Balaban J connectivity index is 1.18. The van der Waals surface area contributed by atoms with E-state index < -0.39 is 6.04 Å². The lowest BCUT2D eigenvalue weighted by atomic mass is 9.83. The predicted molar refractivity (Wildman–Crippen MR) is 162 cm³/mol. The van der Waals surface area contributed by atoms with E-state index in [4.69, 9.17) is 4.74 Å². The van der Waals surface area contributed by atoms with E-state index in [0.717, 1.165) is 35.5 Å². The minimum Gasteiger partial charge on any atom is -0.489 e. The van der Waals surface area contributed by atoms with Gasteiger partial charge in [-0.05, 0) is 66.0 Å². The summed E-state index contributed by atoms with van der Waals surface area (Å²) < 4.78 is 6.21. The summed E-state index contributed by atoms with van der Waals surface area (Å²) in [6.07, 6.45) is 9.97. The number of carbonyl (C=O) groups is 3. The first-order valence-electron chi connectivity index (χ1n) is 15.0. The summed E-state index contributed by atoms with van der Waals surface area (Å²) in [5.41, 5.74) is 6.28. The van der Waals surface area contributed by atoms with Gasteiger partial charge in [0.25, 0.3) is 5.91 Å². The van der Waals surface area contributed by atoms with Crippen LogP contribution in [0.3, 0.4) is 0 Å². The molecule has 2 aromatic carbocycles. The molecule has 1 amide bonds. The lowest BCUT2D eigenvalue weighted by molar-refractivity contribution is -0.126. The first kappa shape index (κ1) is 28.8. The number of amides is 1. The molecule has 2 aliphatic carbocycles. The number of ketones is 2. The van der Waals surface area contributed by atoms with Gasteiger partial charge in [0.1, 0.15) is 12.4 Å². The van der Waals surface area contributed by atoms with Crippen LogP contribution in [0.1, 0.15) is 91.3 Å². The van der Waals surface area contributed by atoms with Crippen molar-refractivity contribution < 1.29 is 19.1 Å². The van der Waals surface area contributed by atoms with Gasteiger partial charge in [0.15, 0.2) is 11.6 Å². The van der Waals surface area contributed by atoms with Crippen LogP contribution in [0.2, 0.25) is 0 Å². The summed E-state index contributed by atoms with van der Waals surface area (Å²) in [5.74, 6) is 1.09. The summed E-state index contributed by atoms with van der Waals surface area (Å²) in [6, 6.07) is 13.4. The van der Waals surface area contributed by atoms with Gasteiger partial charge in [0, 0.05) is 24.0 Å². The van der Waals surface area contributed by atoms with Gasteiger partial charge in [-0.2, -0.15) is 0 Å². The number of benzene rings is 2. The van der Waals surface area contributed by atoms with Crippen LogP contribution >= 0.6 is 0 Å². The van der Waals surface area contributed by atoms with E-state index in [-0.39, 0.29) is 23.9 Å². The topological polar surface area (TPSA) is 63.7 Å². The molecule has 5 rings (SSSR count). The van der Waals surface area contributed by atoms with E-state index in [1.54, 1.807) is 11.0 Å². The zero-order valence-corrected chi connectivity index (χ0v) is 24.1.